The second kappa shape index (κ2) is 9.24. The first-order chi connectivity index (χ1) is 14.7. The smallest absolute Gasteiger partial charge is 0.211 e. The number of benzene rings is 2. The lowest BCUT2D eigenvalue weighted by Gasteiger charge is -2.46. The van der Waals surface area contributed by atoms with Gasteiger partial charge in [0.25, 0.3) is 0 Å². The highest BCUT2D eigenvalue weighted by atomic mass is 35.5. The summed E-state index contributed by atoms with van der Waals surface area (Å²) in [5.74, 6) is 0. The summed E-state index contributed by atoms with van der Waals surface area (Å²) in [4.78, 5) is 0.288. The van der Waals surface area contributed by atoms with E-state index in [0.29, 0.717) is 22.9 Å². The van der Waals surface area contributed by atoms with Gasteiger partial charge in [0.05, 0.1) is 9.79 Å². The minimum atomic E-state index is -3.73. The van der Waals surface area contributed by atoms with Crippen LogP contribution in [0.2, 0.25) is 10.0 Å². The summed E-state index contributed by atoms with van der Waals surface area (Å²) in [5.41, 5.74) is -0.611. The number of nitrogens with one attached hydrogen (secondary N) is 2. The molecule has 0 aliphatic heterocycles. The van der Waals surface area contributed by atoms with Gasteiger partial charge in [-0.2, -0.15) is 0 Å². The van der Waals surface area contributed by atoms with E-state index in [9.17, 15) is 16.8 Å². The zero-order valence-electron chi connectivity index (χ0n) is 18.2. The van der Waals surface area contributed by atoms with Gasteiger partial charge in [-0.15, -0.1) is 0 Å². The second-order valence-electron chi connectivity index (χ2n) is 9.61. The Labute approximate surface area is 200 Å². The van der Waals surface area contributed by atoms with Crippen molar-refractivity contribution < 1.29 is 16.8 Å². The molecule has 0 saturated heterocycles. The van der Waals surface area contributed by atoms with Gasteiger partial charge in [-0.1, -0.05) is 44.0 Å². The predicted octanol–water partition coefficient (Wildman–Crippen LogP) is 4.84. The lowest BCUT2D eigenvalue weighted by molar-refractivity contribution is 0.0821. The van der Waals surface area contributed by atoms with E-state index < -0.39 is 25.5 Å². The third-order valence-electron chi connectivity index (χ3n) is 5.70. The van der Waals surface area contributed by atoms with Crippen LogP contribution in [0, 0.1) is 10.8 Å². The van der Waals surface area contributed by atoms with E-state index in [1.165, 1.54) is 48.5 Å². The quantitative estimate of drug-likeness (QED) is 0.548. The van der Waals surface area contributed by atoms with Gasteiger partial charge in [0.15, 0.2) is 0 Å². The van der Waals surface area contributed by atoms with Crippen molar-refractivity contribution in [2.45, 2.75) is 55.9 Å². The summed E-state index contributed by atoms with van der Waals surface area (Å²) in [5, 5.41) is 0.920. The first-order valence-electron chi connectivity index (χ1n) is 10.2. The molecule has 0 amide bonds. The van der Waals surface area contributed by atoms with E-state index in [0.717, 1.165) is 6.42 Å². The predicted molar refractivity (Wildman–Crippen MR) is 128 cm³/mol. The average molecular weight is 520 g/mol. The molecular formula is C22H28Cl2N2O4S2. The molecule has 10 heteroatoms. The van der Waals surface area contributed by atoms with Gasteiger partial charge in [0.2, 0.25) is 20.0 Å². The highest BCUT2D eigenvalue weighted by molar-refractivity contribution is 7.89. The van der Waals surface area contributed by atoms with Crippen molar-refractivity contribution in [2.75, 3.05) is 6.54 Å². The van der Waals surface area contributed by atoms with E-state index in [1.807, 2.05) is 6.92 Å². The van der Waals surface area contributed by atoms with Crippen LogP contribution in [0.5, 0.6) is 0 Å². The van der Waals surface area contributed by atoms with Crippen molar-refractivity contribution in [3.63, 3.8) is 0 Å². The number of rotatable bonds is 7. The van der Waals surface area contributed by atoms with Gasteiger partial charge in [-0.05, 0) is 78.6 Å². The van der Waals surface area contributed by atoms with Gasteiger partial charge >= 0.3 is 0 Å². The molecule has 1 aliphatic carbocycles. The lowest BCUT2D eigenvalue weighted by Crippen LogP contribution is -2.50. The number of hydrogen-bond donors (Lipinski definition) is 2. The maximum absolute atomic E-state index is 12.9. The van der Waals surface area contributed by atoms with Crippen molar-refractivity contribution in [2.24, 2.45) is 10.8 Å². The molecule has 0 aromatic heterocycles. The van der Waals surface area contributed by atoms with Gasteiger partial charge in [0.1, 0.15) is 0 Å². The minimum absolute atomic E-state index is 0.139. The maximum Gasteiger partial charge on any atom is 0.240 e. The van der Waals surface area contributed by atoms with Gasteiger partial charge < -0.3 is 0 Å². The van der Waals surface area contributed by atoms with Crippen LogP contribution in [0.25, 0.3) is 0 Å². The Morgan fingerprint density at radius 2 is 1.28 bits per heavy atom. The zero-order chi connectivity index (χ0) is 23.8. The first kappa shape index (κ1) is 25.5. The van der Waals surface area contributed by atoms with E-state index in [2.05, 4.69) is 23.3 Å². The molecule has 1 aliphatic rings. The van der Waals surface area contributed by atoms with E-state index in [-0.39, 0.29) is 27.8 Å². The normalized spacial score (nSPS) is 23.7. The SMILES string of the molecule is CC1(C)CC(NS(=O)(=O)c2ccc(Cl)cc2)CC(C)(CNS(=O)(=O)c2ccc(Cl)cc2)C1. The molecule has 2 aromatic rings. The van der Waals surface area contributed by atoms with Crippen LogP contribution < -0.4 is 9.44 Å². The molecule has 2 N–H and O–H groups in total. The number of hydrogen-bond acceptors (Lipinski definition) is 4. The molecule has 32 heavy (non-hydrogen) atoms. The Morgan fingerprint density at radius 1 is 0.812 bits per heavy atom. The third kappa shape index (κ3) is 6.46. The fourth-order valence-corrected chi connectivity index (χ4v) is 7.41. The average Bonchev–Trinajstić information content (AvgIpc) is 2.65. The summed E-state index contributed by atoms with van der Waals surface area (Å²) in [6, 6.07) is 11.7. The summed E-state index contributed by atoms with van der Waals surface area (Å²) in [6.45, 7) is 6.33. The van der Waals surface area contributed by atoms with Crippen LogP contribution in [0.3, 0.4) is 0 Å². The van der Waals surface area contributed by atoms with Gasteiger partial charge in [0, 0.05) is 22.6 Å². The molecule has 2 unspecified atom stereocenters. The largest absolute Gasteiger partial charge is 0.240 e. The molecule has 6 nitrogen and oxygen atoms in total. The Morgan fingerprint density at radius 3 is 1.78 bits per heavy atom. The van der Waals surface area contributed by atoms with Crippen LogP contribution >= 0.6 is 23.2 Å². The monoisotopic (exact) mass is 518 g/mol. The van der Waals surface area contributed by atoms with Crippen molar-refractivity contribution in [3.8, 4) is 0 Å². The van der Waals surface area contributed by atoms with Crippen LogP contribution in [0.1, 0.15) is 40.0 Å². The summed E-state index contributed by atoms with van der Waals surface area (Å²) < 4.78 is 56.8. The molecular weight excluding hydrogens is 491 g/mol. The summed E-state index contributed by atoms with van der Waals surface area (Å²) >= 11 is 11.7. The molecule has 0 heterocycles. The molecule has 176 valence electrons. The van der Waals surface area contributed by atoms with E-state index in [1.54, 1.807) is 0 Å². The summed E-state index contributed by atoms with van der Waals surface area (Å²) in [6.07, 6.45) is 1.91. The van der Waals surface area contributed by atoms with Crippen LogP contribution in [-0.4, -0.2) is 29.4 Å². The van der Waals surface area contributed by atoms with Gasteiger partial charge in [-0.3, -0.25) is 0 Å². The molecule has 0 spiro atoms. The fourth-order valence-electron chi connectivity index (χ4n) is 4.72. The van der Waals surface area contributed by atoms with Gasteiger partial charge in [-0.25, -0.2) is 26.3 Å². The molecule has 2 aromatic carbocycles. The molecule has 1 saturated carbocycles. The van der Waals surface area contributed by atoms with Crippen LogP contribution in [-0.2, 0) is 20.0 Å². The third-order valence-corrected chi connectivity index (χ3v) is 9.16. The highest BCUT2D eigenvalue weighted by Crippen LogP contribution is 2.46. The van der Waals surface area contributed by atoms with Crippen molar-refractivity contribution >= 4 is 43.2 Å². The summed E-state index contributed by atoms with van der Waals surface area (Å²) in [7, 11) is -7.44. The Kier molecular flexibility index (Phi) is 7.35. The lowest BCUT2D eigenvalue weighted by atomic mass is 9.63. The van der Waals surface area contributed by atoms with Crippen molar-refractivity contribution in [3.05, 3.63) is 58.6 Å². The van der Waals surface area contributed by atoms with E-state index in [4.69, 9.17) is 23.2 Å². The molecule has 1 fully saturated rings. The molecule has 0 bridgehead atoms. The first-order valence-corrected chi connectivity index (χ1v) is 14.0. The van der Waals surface area contributed by atoms with E-state index >= 15 is 0 Å². The van der Waals surface area contributed by atoms with Crippen LogP contribution in [0.15, 0.2) is 58.3 Å². The molecule has 0 radical (unpaired) electrons. The number of sulfonamides is 2. The molecule has 2 atom stereocenters. The Balaban J connectivity index is 1.75. The standard InChI is InChI=1S/C22H28Cl2N2O4S2/c1-21(2)12-18(26-32(29,30)20-10-6-17(24)7-11-20)13-22(3,14-21)15-25-31(27,28)19-8-4-16(23)5-9-19/h4-11,18,25-26H,12-15H2,1-3H3. The second-order valence-corrected chi connectivity index (χ2v) is 14.0. The van der Waals surface area contributed by atoms with Crippen molar-refractivity contribution in [1.82, 2.24) is 9.44 Å². The fraction of sp³-hybridized carbons (Fsp3) is 0.455. The topological polar surface area (TPSA) is 92.3 Å². The minimum Gasteiger partial charge on any atom is -0.211 e. The van der Waals surface area contributed by atoms with Crippen LogP contribution in [0.4, 0.5) is 0 Å². The maximum atomic E-state index is 12.9. The highest BCUT2D eigenvalue weighted by Gasteiger charge is 2.43. The Hall–Kier alpha value is -1.16. The zero-order valence-corrected chi connectivity index (χ0v) is 21.4. The van der Waals surface area contributed by atoms with Crippen molar-refractivity contribution in [1.29, 1.82) is 0 Å². The molecule has 3 rings (SSSR count). The number of halogens is 2. The Bertz CT molecular complexity index is 1170.